The lowest BCUT2D eigenvalue weighted by Gasteiger charge is -2.15. The Morgan fingerprint density at radius 2 is 1.09 bits per heavy atom. The van der Waals surface area contributed by atoms with Gasteiger partial charge in [0, 0.05) is 17.5 Å². The van der Waals surface area contributed by atoms with E-state index >= 15 is 0 Å². The number of ether oxygens (including phenoxy) is 2. The SMILES string of the molecule is O=C(Oc1ccc(-c2ccccc2)cc1)Oc1c(Cc2ccccc2)cccc1-c1ccccc1. The predicted molar refractivity (Wildman–Crippen MR) is 140 cm³/mol. The molecule has 5 aromatic rings. The lowest BCUT2D eigenvalue weighted by atomic mass is 9.97. The van der Waals surface area contributed by atoms with Crippen molar-refractivity contribution in [2.24, 2.45) is 0 Å². The van der Waals surface area contributed by atoms with Gasteiger partial charge in [-0.15, -0.1) is 0 Å². The summed E-state index contributed by atoms with van der Waals surface area (Å²) in [6.45, 7) is 0. The van der Waals surface area contributed by atoms with Crippen LogP contribution in [0.25, 0.3) is 22.3 Å². The topological polar surface area (TPSA) is 35.5 Å². The van der Waals surface area contributed by atoms with Crippen molar-refractivity contribution in [2.75, 3.05) is 0 Å². The van der Waals surface area contributed by atoms with Crippen LogP contribution in [0.15, 0.2) is 133 Å². The van der Waals surface area contributed by atoms with Crippen LogP contribution in [0, 0.1) is 0 Å². The highest BCUT2D eigenvalue weighted by atomic mass is 16.7. The van der Waals surface area contributed by atoms with Crippen LogP contribution in [-0.2, 0) is 6.42 Å². The quantitative estimate of drug-likeness (QED) is 0.191. The maximum absolute atomic E-state index is 12.9. The van der Waals surface area contributed by atoms with Gasteiger partial charge in [0.05, 0.1) is 0 Å². The molecule has 0 amide bonds. The van der Waals surface area contributed by atoms with Crippen molar-refractivity contribution in [3.63, 3.8) is 0 Å². The second kappa shape index (κ2) is 10.5. The molecule has 0 saturated carbocycles. The predicted octanol–water partition coefficient (Wildman–Crippen LogP) is 8.19. The van der Waals surface area contributed by atoms with Gasteiger partial charge in [0.25, 0.3) is 0 Å². The number of carbonyl (C=O) groups excluding carboxylic acids is 1. The molecule has 0 spiro atoms. The maximum Gasteiger partial charge on any atom is 0.519 e. The number of benzene rings is 5. The molecule has 0 bridgehead atoms. The first-order valence-corrected chi connectivity index (χ1v) is 11.5. The van der Waals surface area contributed by atoms with E-state index in [4.69, 9.17) is 9.47 Å². The molecule has 170 valence electrons. The Morgan fingerprint density at radius 3 is 1.74 bits per heavy atom. The molecule has 5 rings (SSSR count). The van der Waals surface area contributed by atoms with E-state index in [1.54, 1.807) is 12.1 Å². The van der Waals surface area contributed by atoms with Crippen LogP contribution in [0.1, 0.15) is 11.1 Å². The first-order valence-electron chi connectivity index (χ1n) is 11.5. The summed E-state index contributed by atoms with van der Waals surface area (Å²) in [5.41, 5.74) is 6.00. The third-order valence-electron chi connectivity index (χ3n) is 5.77. The van der Waals surface area contributed by atoms with Gasteiger partial charge in [-0.3, -0.25) is 0 Å². The summed E-state index contributed by atoms with van der Waals surface area (Å²) in [5.74, 6) is 0.935. The number of hydrogen-bond donors (Lipinski definition) is 0. The molecule has 0 unspecified atom stereocenters. The van der Waals surface area contributed by atoms with Crippen LogP contribution in [-0.4, -0.2) is 6.16 Å². The number of carbonyl (C=O) groups is 1. The average molecular weight is 457 g/mol. The monoisotopic (exact) mass is 456 g/mol. The van der Waals surface area contributed by atoms with Gasteiger partial charge >= 0.3 is 6.16 Å². The number of rotatable bonds is 6. The van der Waals surface area contributed by atoms with Crippen molar-refractivity contribution in [1.82, 2.24) is 0 Å². The van der Waals surface area contributed by atoms with Gasteiger partial charge in [0.2, 0.25) is 0 Å². The molecular formula is C32H24O3. The first-order chi connectivity index (χ1) is 17.3. The fraction of sp³-hybridized carbons (Fsp3) is 0.0312. The Hall–Kier alpha value is -4.63. The Kier molecular flexibility index (Phi) is 6.67. The van der Waals surface area contributed by atoms with Crippen molar-refractivity contribution in [3.05, 3.63) is 145 Å². The van der Waals surface area contributed by atoms with Crippen molar-refractivity contribution in [1.29, 1.82) is 0 Å². The van der Waals surface area contributed by atoms with Crippen LogP contribution in [0.4, 0.5) is 4.79 Å². The lowest BCUT2D eigenvalue weighted by Crippen LogP contribution is -2.15. The molecule has 0 atom stereocenters. The molecule has 0 N–H and O–H groups in total. The van der Waals surface area contributed by atoms with Gasteiger partial charge in [0.1, 0.15) is 11.5 Å². The molecule has 35 heavy (non-hydrogen) atoms. The number of para-hydroxylation sites is 1. The summed E-state index contributed by atoms with van der Waals surface area (Å²) < 4.78 is 11.4. The van der Waals surface area contributed by atoms with E-state index in [2.05, 4.69) is 12.1 Å². The van der Waals surface area contributed by atoms with Crippen molar-refractivity contribution < 1.29 is 14.3 Å². The standard InChI is InChI=1S/C32H24O3/c33-32(34-29-21-19-26(20-22-29)25-13-6-2-7-14-25)35-31-28(23-24-11-4-1-5-12-24)17-10-18-30(31)27-15-8-3-9-16-27/h1-22H,23H2. The molecule has 3 nitrogen and oxygen atoms in total. The molecule has 0 saturated heterocycles. The second-order valence-electron chi connectivity index (χ2n) is 8.17. The maximum atomic E-state index is 12.9. The van der Waals surface area contributed by atoms with Crippen LogP contribution in [0.2, 0.25) is 0 Å². The van der Waals surface area contributed by atoms with Crippen molar-refractivity contribution in [2.45, 2.75) is 6.42 Å². The van der Waals surface area contributed by atoms with Gasteiger partial charge in [-0.05, 0) is 34.4 Å². The molecule has 5 aromatic carbocycles. The zero-order valence-electron chi connectivity index (χ0n) is 19.1. The Balaban J connectivity index is 1.40. The van der Waals surface area contributed by atoms with Crippen molar-refractivity contribution >= 4 is 6.16 Å². The third kappa shape index (κ3) is 5.48. The van der Waals surface area contributed by atoms with Crippen LogP contribution < -0.4 is 9.47 Å². The second-order valence-corrected chi connectivity index (χ2v) is 8.17. The molecular weight excluding hydrogens is 432 g/mol. The van der Waals surface area contributed by atoms with Crippen LogP contribution >= 0.6 is 0 Å². The Bertz CT molecular complexity index is 1390. The zero-order chi connectivity index (χ0) is 23.9. The normalized spacial score (nSPS) is 10.5. The minimum Gasteiger partial charge on any atom is -0.395 e. The smallest absolute Gasteiger partial charge is 0.395 e. The van der Waals surface area contributed by atoms with Crippen LogP contribution in [0.3, 0.4) is 0 Å². The Labute approximate surface area is 205 Å². The van der Waals surface area contributed by atoms with Gasteiger partial charge in [-0.2, -0.15) is 0 Å². The van der Waals surface area contributed by atoms with E-state index in [0.29, 0.717) is 17.9 Å². The van der Waals surface area contributed by atoms with E-state index in [-0.39, 0.29) is 0 Å². The van der Waals surface area contributed by atoms with Crippen molar-refractivity contribution in [3.8, 4) is 33.8 Å². The fourth-order valence-corrected chi connectivity index (χ4v) is 4.05. The summed E-state index contributed by atoms with van der Waals surface area (Å²) in [5, 5.41) is 0. The van der Waals surface area contributed by atoms with Gasteiger partial charge in [-0.1, -0.05) is 121 Å². The summed E-state index contributed by atoms with van der Waals surface area (Å²) in [4.78, 5) is 12.9. The molecule has 0 radical (unpaired) electrons. The van der Waals surface area contributed by atoms with E-state index in [1.165, 1.54) is 0 Å². The van der Waals surface area contributed by atoms with Gasteiger partial charge < -0.3 is 9.47 Å². The molecule has 0 aliphatic heterocycles. The van der Waals surface area contributed by atoms with E-state index < -0.39 is 6.16 Å². The fourth-order valence-electron chi connectivity index (χ4n) is 4.05. The molecule has 0 aliphatic carbocycles. The van der Waals surface area contributed by atoms with E-state index in [9.17, 15) is 4.79 Å². The highest BCUT2D eigenvalue weighted by molar-refractivity contribution is 5.77. The molecule has 0 fully saturated rings. The zero-order valence-corrected chi connectivity index (χ0v) is 19.1. The molecule has 0 aliphatic rings. The Morgan fingerprint density at radius 1 is 0.514 bits per heavy atom. The van der Waals surface area contributed by atoms with E-state index in [0.717, 1.165) is 33.4 Å². The summed E-state index contributed by atoms with van der Waals surface area (Å²) >= 11 is 0. The number of hydrogen-bond acceptors (Lipinski definition) is 3. The molecule has 0 heterocycles. The average Bonchev–Trinajstić information content (AvgIpc) is 2.92. The molecule has 0 aromatic heterocycles. The minimum absolute atomic E-state index is 0.427. The molecule has 3 heteroatoms. The van der Waals surface area contributed by atoms with Crippen LogP contribution in [0.5, 0.6) is 11.5 Å². The summed E-state index contributed by atoms with van der Waals surface area (Å²) in [6.07, 6.45) is -0.134. The van der Waals surface area contributed by atoms with Gasteiger partial charge in [-0.25, -0.2) is 4.79 Å². The first kappa shape index (κ1) is 22.2. The highest BCUT2D eigenvalue weighted by Crippen LogP contribution is 2.35. The summed E-state index contributed by atoms with van der Waals surface area (Å²) in [6, 6.07) is 43.4. The largest absolute Gasteiger partial charge is 0.519 e. The van der Waals surface area contributed by atoms with Gasteiger partial charge in [0.15, 0.2) is 0 Å². The summed E-state index contributed by atoms with van der Waals surface area (Å²) in [7, 11) is 0. The minimum atomic E-state index is -0.768. The third-order valence-corrected chi connectivity index (χ3v) is 5.77. The van der Waals surface area contributed by atoms with E-state index in [1.807, 2.05) is 109 Å². The lowest BCUT2D eigenvalue weighted by molar-refractivity contribution is 0.151. The highest BCUT2D eigenvalue weighted by Gasteiger charge is 2.17.